The molecule has 2 rings (SSSR count). The second kappa shape index (κ2) is 1.97. The second-order valence-corrected chi connectivity index (χ2v) is 4.18. The minimum atomic E-state index is 0.355. The SMILES string of the molecule is CCC1(CO)CC2CC2C1. The third-order valence-corrected chi connectivity index (χ3v) is 3.54. The zero-order chi connectivity index (χ0) is 7.19. The van der Waals surface area contributed by atoms with Crippen LogP contribution in [0.25, 0.3) is 0 Å². The molecule has 2 aliphatic carbocycles. The van der Waals surface area contributed by atoms with Crippen LogP contribution < -0.4 is 0 Å². The van der Waals surface area contributed by atoms with E-state index in [0.717, 1.165) is 11.8 Å². The van der Waals surface area contributed by atoms with Crippen LogP contribution in [0.4, 0.5) is 0 Å². The molecule has 0 aromatic heterocycles. The maximum atomic E-state index is 9.15. The van der Waals surface area contributed by atoms with Crippen molar-refractivity contribution in [3.63, 3.8) is 0 Å². The number of fused-ring (bicyclic) bond motifs is 1. The summed E-state index contributed by atoms with van der Waals surface area (Å²) >= 11 is 0. The Hall–Kier alpha value is -0.0400. The molecule has 0 bridgehead atoms. The van der Waals surface area contributed by atoms with Crippen molar-refractivity contribution < 1.29 is 5.11 Å². The highest BCUT2D eigenvalue weighted by Crippen LogP contribution is 2.60. The second-order valence-electron chi connectivity index (χ2n) is 4.18. The Morgan fingerprint density at radius 2 is 2.00 bits per heavy atom. The Balaban J connectivity index is 2.02. The maximum Gasteiger partial charge on any atom is 0.0487 e. The number of aliphatic hydroxyl groups is 1. The summed E-state index contributed by atoms with van der Waals surface area (Å²) in [6.07, 6.45) is 5.26. The Kier molecular flexibility index (Phi) is 1.31. The minimum absolute atomic E-state index is 0.355. The van der Waals surface area contributed by atoms with E-state index < -0.39 is 0 Å². The predicted octanol–water partition coefficient (Wildman–Crippen LogP) is 1.80. The predicted molar refractivity (Wildman–Crippen MR) is 40.6 cm³/mol. The molecular weight excluding hydrogens is 124 g/mol. The highest BCUT2D eigenvalue weighted by atomic mass is 16.3. The average molecular weight is 140 g/mol. The van der Waals surface area contributed by atoms with Gasteiger partial charge in [-0.3, -0.25) is 0 Å². The summed E-state index contributed by atoms with van der Waals surface area (Å²) in [5.74, 6) is 2.01. The lowest BCUT2D eigenvalue weighted by molar-refractivity contribution is 0.113. The van der Waals surface area contributed by atoms with Crippen LogP contribution in [0, 0.1) is 17.3 Å². The molecule has 10 heavy (non-hydrogen) atoms. The summed E-state index contributed by atoms with van der Waals surface area (Å²) < 4.78 is 0. The van der Waals surface area contributed by atoms with Crippen molar-refractivity contribution in [2.24, 2.45) is 17.3 Å². The van der Waals surface area contributed by atoms with Crippen LogP contribution in [0.5, 0.6) is 0 Å². The highest BCUT2D eigenvalue weighted by molar-refractivity contribution is 5.02. The number of aliphatic hydroxyl groups excluding tert-OH is 1. The third kappa shape index (κ3) is 0.800. The van der Waals surface area contributed by atoms with Crippen molar-refractivity contribution >= 4 is 0 Å². The van der Waals surface area contributed by atoms with Gasteiger partial charge in [0, 0.05) is 6.61 Å². The van der Waals surface area contributed by atoms with Gasteiger partial charge >= 0.3 is 0 Å². The van der Waals surface area contributed by atoms with Gasteiger partial charge in [-0.2, -0.15) is 0 Å². The molecule has 0 heterocycles. The lowest BCUT2D eigenvalue weighted by Crippen LogP contribution is -2.22. The largest absolute Gasteiger partial charge is 0.396 e. The van der Waals surface area contributed by atoms with Gasteiger partial charge in [0.15, 0.2) is 0 Å². The van der Waals surface area contributed by atoms with Crippen LogP contribution >= 0.6 is 0 Å². The molecule has 1 nitrogen and oxygen atoms in total. The smallest absolute Gasteiger partial charge is 0.0487 e. The highest BCUT2D eigenvalue weighted by Gasteiger charge is 2.52. The van der Waals surface area contributed by atoms with Gasteiger partial charge in [0.1, 0.15) is 0 Å². The summed E-state index contributed by atoms with van der Waals surface area (Å²) in [6, 6.07) is 0. The van der Waals surface area contributed by atoms with E-state index in [1.807, 2.05) is 0 Å². The molecule has 0 aromatic carbocycles. The molecule has 1 heteroatoms. The fourth-order valence-corrected chi connectivity index (χ4v) is 2.54. The molecule has 2 atom stereocenters. The van der Waals surface area contributed by atoms with Gasteiger partial charge in [-0.05, 0) is 42.9 Å². The van der Waals surface area contributed by atoms with Crippen LogP contribution in [0.1, 0.15) is 32.6 Å². The normalized spacial score (nSPS) is 51.0. The van der Waals surface area contributed by atoms with Crippen LogP contribution in [-0.4, -0.2) is 11.7 Å². The summed E-state index contributed by atoms with van der Waals surface area (Å²) in [6.45, 7) is 2.64. The van der Waals surface area contributed by atoms with Crippen molar-refractivity contribution in [3.8, 4) is 0 Å². The standard InChI is InChI=1S/C9H16O/c1-2-9(6-10)4-7-3-8(7)5-9/h7-8,10H,2-6H2,1H3. The first-order valence-electron chi connectivity index (χ1n) is 4.40. The molecule has 2 saturated carbocycles. The first-order valence-corrected chi connectivity index (χ1v) is 4.40. The molecule has 0 aromatic rings. The molecule has 0 amide bonds. The molecular formula is C9H16O. The van der Waals surface area contributed by atoms with Crippen LogP contribution in [0.2, 0.25) is 0 Å². The van der Waals surface area contributed by atoms with E-state index in [2.05, 4.69) is 6.92 Å². The van der Waals surface area contributed by atoms with Crippen LogP contribution in [0.15, 0.2) is 0 Å². The van der Waals surface area contributed by atoms with Crippen molar-refractivity contribution in [1.82, 2.24) is 0 Å². The van der Waals surface area contributed by atoms with Crippen LogP contribution in [-0.2, 0) is 0 Å². The fourth-order valence-electron chi connectivity index (χ4n) is 2.54. The number of hydrogen-bond donors (Lipinski definition) is 1. The van der Waals surface area contributed by atoms with E-state index in [1.165, 1.54) is 25.7 Å². The molecule has 0 radical (unpaired) electrons. The molecule has 2 unspecified atom stereocenters. The zero-order valence-corrected chi connectivity index (χ0v) is 6.64. The van der Waals surface area contributed by atoms with Crippen molar-refractivity contribution in [2.45, 2.75) is 32.6 Å². The quantitative estimate of drug-likeness (QED) is 0.620. The Morgan fingerprint density at radius 1 is 1.40 bits per heavy atom. The van der Waals surface area contributed by atoms with Gasteiger partial charge in [-0.1, -0.05) is 6.92 Å². The van der Waals surface area contributed by atoms with E-state index in [9.17, 15) is 0 Å². The fraction of sp³-hybridized carbons (Fsp3) is 1.00. The average Bonchev–Trinajstić information content (AvgIpc) is 2.60. The molecule has 58 valence electrons. The lowest BCUT2D eigenvalue weighted by Gasteiger charge is -2.26. The van der Waals surface area contributed by atoms with E-state index >= 15 is 0 Å². The minimum Gasteiger partial charge on any atom is -0.396 e. The van der Waals surface area contributed by atoms with E-state index in [1.54, 1.807) is 0 Å². The summed E-state index contributed by atoms with van der Waals surface area (Å²) in [7, 11) is 0. The summed E-state index contributed by atoms with van der Waals surface area (Å²) in [5.41, 5.74) is 0.355. The van der Waals surface area contributed by atoms with Gasteiger partial charge in [0.05, 0.1) is 0 Å². The molecule has 2 fully saturated rings. The molecule has 0 aliphatic heterocycles. The Morgan fingerprint density at radius 3 is 2.30 bits per heavy atom. The van der Waals surface area contributed by atoms with Crippen molar-refractivity contribution in [1.29, 1.82) is 0 Å². The lowest BCUT2D eigenvalue weighted by atomic mass is 9.81. The molecule has 1 N–H and O–H groups in total. The van der Waals surface area contributed by atoms with Crippen molar-refractivity contribution in [2.75, 3.05) is 6.61 Å². The molecule has 0 spiro atoms. The van der Waals surface area contributed by atoms with Gasteiger partial charge in [-0.25, -0.2) is 0 Å². The zero-order valence-electron chi connectivity index (χ0n) is 6.64. The van der Waals surface area contributed by atoms with Crippen molar-refractivity contribution in [3.05, 3.63) is 0 Å². The van der Waals surface area contributed by atoms with E-state index in [-0.39, 0.29) is 0 Å². The van der Waals surface area contributed by atoms with Crippen LogP contribution in [0.3, 0.4) is 0 Å². The first-order chi connectivity index (χ1) is 4.79. The Labute approximate surface area is 62.4 Å². The van der Waals surface area contributed by atoms with E-state index in [0.29, 0.717) is 12.0 Å². The molecule has 0 saturated heterocycles. The van der Waals surface area contributed by atoms with Gasteiger partial charge in [-0.15, -0.1) is 0 Å². The number of hydrogen-bond acceptors (Lipinski definition) is 1. The Bertz CT molecular complexity index is 126. The molecule has 2 aliphatic rings. The van der Waals surface area contributed by atoms with E-state index in [4.69, 9.17) is 5.11 Å². The summed E-state index contributed by atoms with van der Waals surface area (Å²) in [4.78, 5) is 0. The van der Waals surface area contributed by atoms with Gasteiger partial charge in [0.25, 0.3) is 0 Å². The first kappa shape index (κ1) is 6.66. The monoisotopic (exact) mass is 140 g/mol. The third-order valence-electron chi connectivity index (χ3n) is 3.54. The topological polar surface area (TPSA) is 20.2 Å². The van der Waals surface area contributed by atoms with Gasteiger partial charge in [0.2, 0.25) is 0 Å². The van der Waals surface area contributed by atoms with Gasteiger partial charge < -0.3 is 5.11 Å². The summed E-state index contributed by atoms with van der Waals surface area (Å²) in [5, 5.41) is 9.15. The number of rotatable bonds is 2. The maximum absolute atomic E-state index is 9.15.